The van der Waals surface area contributed by atoms with Crippen molar-refractivity contribution in [1.82, 2.24) is 10.2 Å². The Morgan fingerprint density at radius 1 is 1.25 bits per heavy atom. The van der Waals surface area contributed by atoms with Gasteiger partial charge >= 0.3 is 0 Å². The summed E-state index contributed by atoms with van der Waals surface area (Å²) in [5, 5.41) is 2.95. The maximum absolute atomic E-state index is 11.8. The van der Waals surface area contributed by atoms with E-state index in [0.717, 1.165) is 19.6 Å². The molecule has 0 fully saturated rings. The molecule has 0 aliphatic carbocycles. The first-order valence-corrected chi connectivity index (χ1v) is 7.26. The van der Waals surface area contributed by atoms with E-state index in [1.807, 2.05) is 14.1 Å². The number of anilines is 1. The molecule has 112 valence electrons. The van der Waals surface area contributed by atoms with E-state index in [-0.39, 0.29) is 5.91 Å². The number of hydrogen-bond acceptors (Lipinski definition) is 3. The van der Waals surface area contributed by atoms with Crippen molar-refractivity contribution in [3.8, 4) is 0 Å². The minimum atomic E-state index is 0.123. The van der Waals surface area contributed by atoms with Crippen molar-refractivity contribution in [2.75, 3.05) is 45.2 Å². The molecule has 0 aromatic heterocycles. The zero-order valence-electron chi connectivity index (χ0n) is 13.1. The highest BCUT2D eigenvalue weighted by molar-refractivity contribution is 5.76. The van der Waals surface area contributed by atoms with Crippen molar-refractivity contribution in [3.05, 3.63) is 29.8 Å². The zero-order chi connectivity index (χ0) is 15.0. The van der Waals surface area contributed by atoms with E-state index in [0.29, 0.717) is 13.0 Å². The van der Waals surface area contributed by atoms with Gasteiger partial charge in [-0.1, -0.05) is 12.1 Å². The summed E-state index contributed by atoms with van der Waals surface area (Å²) >= 11 is 0. The molecule has 4 heteroatoms. The van der Waals surface area contributed by atoms with Gasteiger partial charge in [0.25, 0.3) is 0 Å². The molecule has 4 nitrogen and oxygen atoms in total. The van der Waals surface area contributed by atoms with E-state index in [1.165, 1.54) is 11.3 Å². The molecule has 1 aromatic carbocycles. The fraction of sp³-hybridized carbons (Fsp3) is 0.562. The Labute approximate surface area is 122 Å². The van der Waals surface area contributed by atoms with E-state index in [9.17, 15) is 4.79 Å². The van der Waals surface area contributed by atoms with Crippen LogP contribution in [-0.2, 0) is 4.79 Å². The molecular weight excluding hydrogens is 250 g/mol. The molecule has 1 amide bonds. The number of rotatable bonds is 8. The van der Waals surface area contributed by atoms with Gasteiger partial charge in [0.2, 0.25) is 5.91 Å². The third kappa shape index (κ3) is 6.06. The first-order valence-electron chi connectivity index (χ1n) is 7.26. The average Bonchev–Trinajstić information content (AvgIpc) is 2.39. The second-order valence-corrected chi connectivity index (χ2v) is 5.32. The van der Waals surface area contributed by atoms with Crippen molar-refractivity contribution in [2.24, 2.45) is 0 Å². The minimum Gasteiger partial charge on any atom is -0.371 e. The first kappa shape index (κ1) is 16.5. The van der Waals surface area contributed by atoms with Crippen LogP contribution in [0.4, 0.5) is 5.69 Å². The van der Waals surface area contributed by atoms with Crippen LogP contribution in [0.2, 0.25) is 0 Å². The number of nitrogens with zero attached hydrogens (tertiary/aromatic N) is 2. The van der Waals surface area contributed by atoms with E-state index in [4.69, 9.17) is 0 Å². The van der Waals surface area contributed by atoms with Crippen LogP contribution in [0.1, 0.15) is 18.9 Å². The largest absolute Gasteiger partial charge is 0.371 e. The van der Waals surface area contributed by atoms with E-state index in [1.54, 1.807) is 0 Å². The van der Waals surface area contributed by atoms with Crippen molar-refractivity contribution < 1.29 is 4.79 Å². The smallest absolute Gasteiger partial charge is 0.221 e. The maximum Gasteiger partial charge on any atom is 0.221 e. The van der Waals surface area contributed by atoms with Crippen LogP contribution in [0.3, 0.4) is 0 Å². The molecule has 1 aromatic rings. The lowest BCUT2D eigenvalue weighted by molar-refractivity contribution is -0.120. The predicted octanol–water partition coefficient (Wildman–Crippen LogP) is 1.89. The fourth-order valence-electron chi connectivity index (χ4n) is 2.04. The van der Waals surface area contributed by atoms with Crippen molar-refractivity contribution in [3.63, 3.8) is 0 Å². The van der Waals surface area contributed by atoms with Crippen LogP contribution in [0.15, 0.2) is 24.3 Å². The van der Waals surface area contributed by atoms with Crippen molar-refractivity contribution in [2.45, 2.75) is 20.3 Å². The zero-order valence-corrected chi connectivity index (χ0v) is 13.1. The topological polar surface area (TPSA) is 35.6 Å². The molecule has 20 heavy (non-hydrogen) atoms. The van der Waals surface area contributed by atoms with E-state index < -0.39 is 0 Å². The lowest BCUT2D eigenvalue weighted by Crippen LogP contribution is -2.34. The van der Waals surface area contributed by atoms with Gasteiger partial charge in [0.05, 0.1) is 0 Å². The number of amides is 1. The standard InChI is InChI=1S/C16H27N3O/c1-5-19(15-8-6-7-14(2)13-15)11-9-16(20)17-10-12-18(3)4/h6-8,13H,5,9-12H2,1-4H3,(H,17,20). The third-order valence-electron chi connectivity index (χ3n) is 3.24. The number of benzene rings is 1. The number of hydrogen-bond donors (Lipinski definition) is 1. The van der Waals surface area contributed by atoms with Crippen LogP contribution < -0.4 is 10.2 Å². The van der Waals surface area contributed by atoms with Gasteiger partial charge < -0.3 is 15.1 Å². The summed E-state index contributed by atoms with van der Waals surface area (Å²) in [5.74, 6) is 0.123. The number of aryl methyl sites for hydroxylation is 1. The van der Waals surface area contributed by atoms with Crippen LogP contribution in [0, 0.1) is 6.92 Å². The number of likely N-dealkylation sites (N-methyl/N-ethyl adjacent to an activating group) is 1. The Bertz CT molecular complexity index is 418. The third-order valence-corrected chi connectivity index (χ3v) is 3.24. The Morgan fingerprint density at radius 2 is 2.00 bits per heavy atom. The van der Waals surface area contributed by atoms with Gasteiger partial charge in [-0.3, -0.25) is 4.79 Å². The van der Waals surface area contributed by atoms with Gasteiger partial charge in [-0.15, -0.1) is 0 Å². The molecule has 0 radical (unpaired) electrons. The molecule has 0 aliphatic heterocycles. The van der Waals surface area contributed by atoms with Gasteiger partial charge in [0.1, 0.15) is 0 Å². The van der Waals surface area contributed by atoms with Gasteiger partial charge in [0, 0.05) is 38.3 Å². The van der Waals surface area contributed by atoms with Crippen LogP contribution >= 0.6 is 0 Å². The Hall–Kier alpha value is -1.55. The molecule has 1 rings (SSSR count). The summed E-state index contributed by atoms with van der Waals surface area (Å²) in [6.07, 6.45) is 0.537. The molecular formula is C16H27N3O. The minimum absolute atomic E-state index is 0.123. The summed E-state index contributed by atoms with van der Waals surface area (Å²) in [4.78, 5) is 16.1. The number of nitrogens with one attached hydrogen (secondary N) is 1. The summed E-state index contributed by atoms with van der Waals surface area (Å²) in [6.45, 7) is 7.46. The lowest BCUT2D eigenvalue weighted by Gasteiger charge is -2.23. The Balaban J connectivity index is 2.40. The van der Waals surface area contributed by atoms with E-state index >= 15 is 0 Å². The van der Waals surface area contributed by atoms with Crippen molar-refractivity contribution >= 4 is 11.6 Å². The molecule has 0 bridgehead atoms. The number of carbonyl (C=O) groups is 1. The summed E-state index contributed by atoms with van der Waals surface area (Å²) in [5.41, 5.74) is 2.44. The molecule has 0 aliphatic rings. The van der Waals surface area contributed by atoms with E-state index in [2.05, 4.69) is 53.2 Å². The normalized spacial score (nSPS) is 10.7. The second-order valence-electron chi connectivity index (χ2n) is 5.32. The lowest BCUT2D eigenvalue weighted by atomic mass is 10.2. The monoisotopic (exact) mass is 277 g/mol. The fourth-order valence-corrected chi connectivity index (χ4v) is 2.04. The Morgan fingerprint density at radius 3 is 2.60 bits per heavy atom. The van der Waals surface area contributed by atoms with Crippen LogP contribution in [0.5, 0.6) is 0 Å². The van der Waals surface area contributed by atoms with Crippen molar-refractivity contribution in [1.29, 1.82) is 0 Å². The maximum atomic E-state index is 11.8. The predicted molar refractivity (Wildman–Crippen MR) is 85.2 cm³/mol. The summed E-state index contributed by atoms with van der Waals surface area (Å²) < 4.78 is 0. The first-order chi connectivity index (χ1) is 9.52. The summed E-state index contributed by atoms with van der Waals surface area (Å²) in [7, 11) is 4.01. The number of carbonyl (C=O) groups excluding carboxylic acids is 1. The molecule has 0 heterocycles. The van der Waals surface area contributed by atoms with Gasteiger partial charge in [-0.25, -0.2) is 0 Å². The van der Waals surface area contributed by atoms with Crippen LogP contribution in [-0.4, -0.2) is 51.1 Å². The molecule has 0 unspecified atom stereocenters. The quantitative estimate of drug-likeness (QED) is 0.788. The highest BCUT2D eigenvalue weighted by atomic mass is 16.1. The molecule has 0 saturated heterocycles. The van der Waals surface area contributed by atoms with Crippen LogP contribution in [0.25, 0.3) is 0 Å². The Kier molecular flexibility index (Phi) is 7.09. The van der Waals surface area contributed by atoms with Gasteiger partial charge in [-0.2, -0.15) is 0 Å². The average molecular weight is 277 g/mol. The molecule has 0 spiro atoms. The summed E-state index contributed by atoms with van der Waals surface area (Å²) in [6, 6.07) is 8.41. The molecule has 1 N–H and O–H groups in total. The second kappa shape index (κ2) is 8.59. The SMILES string of the molecule is CCN(CCC(=O)NCCN(C)C)c1cccc(C)c1. The highest BCUT2D eigenvalue weighted by Gasteiger charge is 2.07. The van der Waals surface area contributed by atoms with Gasteiger partial charge in [0.15, 0.2) is 0 Å². The highest BCUT2D eigenvalue weighted by Crippen LogP contribution is 2.15. The molecule has 0 atom stereocenters. The molecule has 0 saturated carbocycles. The van der Waals surface area contributed by atoms with Gasteiger partial charge in [-0.05, 0) is 45.6 Å².